The second-order valence-electron chi connectivity index (χ2n) is 10.7. The highest BCUT2D eigenvalue weighted by molar-refractivity contribution is 7.97. The van der Waals surface area contributed by atoms with Gasteiger partial charge in [-0.25, -0.2) is 14.1 Å². The topological polar surface area (TPSA) is 124 Å². The van der Waals surface area contributed by atoms with Crippen LogP contribution in [0.2, 0.25) is 0 Å². The van der Waals surface area contributed by atoms with Gasteiger partial charge in [-0.05, 0) is 92.1 Å². The number of carboxylic acid groups (broad SMARTS) is 1. The van der Waals surface area contributed by atoms with Crippen molar-refractivity contribution in [3.8, 4) is 0 Å². The lowest BCUT2D eigenvalue weighted by Gasteiger charge is -2.37. The van der Waals surface area contributed by atoms with Crippen molar-refractivity contribution in [1.82, 2.24) is 19.9 Å². The molecule has 3 heterocycles. The number of carboxylic acids is 1. The molecule has 2 aromatic rings. The Kier molecular flexibility index (Phi) is 9.03. The molecule has 39 heavy (non-hydrogen) atoms. The number of unbranched alkanes of at least 4 members (excludes halogenated alkanes) is 1. The van der Waals surface area contributed by atoms with Gasteiger partial charge >= 0.3 is 5.97 Å². The van der Waals surface area contributed by atoms with Gasteiger partial charge < -0.3 is 21.1 Å². The molecule has 2 fully saturated rings. The summed E-state index contributed by atoms with van der Waals surface area (Å²) in [5.41, 5.74) is 3.65. The molecule has 0 spiro atoms. The number of hydrogen-bond acceptors (Lipinski definition) is 7. The number of hydrogen-bond donors (Lipinski definition) is 4. The van der Waals surface area contributed by atoms with Crippen molar-refractivity contribution in [2.45, 2.75) is 68.2 Å². The van der Waals surface area contributed by atoms with Crippen LogP contribution in [0.1, 0.15) is 61.3 Å². The number of nitrogens with one attached hydrogen (secondary N) is 3. The first-order valence-corrected chi connectivity index (χ1v) is 14.8. The van der Waals surface area contributed by atoms with Gasteiger partial charge in [0.05, 0.1) is 5.92 Å². The van der Waals surface area contributed by atoms with Crippen LogP contribution in [-0.2, 0) is 27.2 Å². The standard InChI is InChI=1S/C29H37N5O4S/c35-26(9-2-1-7-23-13-12-20-6-4-14-30-27(20)32-23)31-16-25(29(37)38)33-28(36)22-17-34(18-22)39-24-8-3-5-21(15-24)19-10-11-19/h3,5,8,12-13,15,19,22,25H,1-2,4,6-7,9-11,14,16-18H2,(H,30,32)(H,31,35)(H,33,36)(H,37,38). The largest absolute Gasteiger partial charge is 0.480 e. The van der Waals surface area contributed by atoms with E-state index in [0.717, 1.165) is 43.7 Å². The summed E-state index contributed by atoms with van der Waals surface area (Å²) in [6, 6.07) is 11.6. The molecule has 5 rings (SSSR count). The highest BCUT2D eigenvalue weighted by Gasteiger charge is 2.35. The van der Waals surface area contributed by atoms with Gasteiger partial charge in [0.25, 0.3) is 0 Å². The van der Waals surface area contributed by atoms with E-state index in [9.17, 15) is 19.5 Å². The lowest BCUT2D eigenvalue weighted by Crippen LogP contribution is -2.56. The highest BCUT2D eigenvalue weighted by atomic mass is 32.2. The van der Waals surface area contributed by atoms with Gasteiger partial charge in [-0.3, -0.25) is 9.59 Å². The van der Waals surface area contributed by atoms with Gasteiger partial charge in [-0.1, -0.05) is 18.2 Å². The van der Waals surface area contributed by atoms with Crippen molar-refractivity contribution < 1.29 is 19.5 Å². The minimum Gasteiger partial charge on any atom is -0.480 e. The Hall–Kier alpha value is -3.11. The lowest BCUT2D eigenvalue weighted by molar-refractivity contribution is -0.143. The summed E-state index contributed by atoms with van der Waals surface area (Å²) < 4.78 is 2.12. The molecule has 9 nitrogen and oxygen atoms in total. The van der Waals surface area contributed by atoms with Crippen molar-refractivity contribution in [3.05, 3.63) is 53.2 Å². The number of pyridine rings is 1. The Morgan fingerprint density at radius 1 is 1.15 bits per heavy atom. The van der Waals surface area contributed by atoms with Crippen molar-refractivity contribution in [1.29, 1.82) is 0 Å². The molecular weight excluding hydrogens is 514 g/mol. The van der Waals surface area contributed by atoms with Crippen molar-refractivity contribution >= 4 is 35.5 Å². The van der Waals surface area contributed by atoms with E-state index in [1.165, 1.54) is 28.9 Å². The zero-order valence-electron chi connectivity index (χ0n) is 22.2. The molecule has 3 aliphatic rings. The Bertz CT molecular complexity index is 1200. The van der Waals surface area contributed by atoms with Crippen LogP contribution in [0.25, 0.3) is 0 Å². The molecule has 1 atom stereocenters. The predicted molar refractivity (Wildman–Crippen MR) is 151 cm³/mol. The van der Waals surface area contributed by atoms with E-state index in [0.29, 0.717) is 31.8 Å². The van der Waals surface area contributed by atoms with Crippen molar-refractivity contribution in [3.63, 3.8) is 0 Å². The minimum absolute atomic E-state index is 0.128. The predicted octanol–water partition coefficient (Wildman–Crippen LogP) is 3.35. The quantitative estimate of drug-likeness (QED) is 0.221. The fraction of sp³-hybridized carbons (Fsp3) is 0.517. The van der Waals surface area contributed by atoms with Gasteiger partial charge in [0.1, 0.15) is 11.9 Å². The monoisotopic (exact) mass is 551 g/mol. The molecular formula is C29H37N5O4S. The van der Waals surface area contributed by atoms with Crippen LogP contribution in [0.3, 0.4) is 0 Å². The summed E-state index contributed by atoms with van der Waals surface area (Å²) in [4.78, 5) is 42.5. The third kappa shape index (κ3) is 7.73. The molecule has 2 amide bonds. The Morgan fingerprint density at radius 3 is 2.79 bits per heavy atom. The molecule has 1 unspecified atom stereocenters. The summed E-state index contributed by atoms with van der Waals surface area (Å²) in [5.74, 6) is -0.233. The maximum Gasteiger partial charge on any atom is 0.328 e. The number of fused-ring (bicyclic) bond motifs is 1. The van der Waals surface area contributed by atoms with Crippen LogP contribution >= 0.6 is 11.9 Å². The number of benzene rings is 1. The summed E-state index contributed by atoms with van der Waals surface area (Å²) in [5, 5.41) is 18.2. The first kappa shape index (κ1) is 27.5. The molecule has 0 bridgehead atoms. The van der Waals surface area contributed by atoms with Gasteiger partial charge in [-0.2, -0.15) is 0 Å². The number of carbonyl (C=O) groups excluding carboxylic acids is 2. The number of aryl methyl sites for hydroxylation is 2. The normalized spacial score (nSPS) is 17.8. The zero-order valence-corrected chi connectivity index (χ0v) is 23.0. The van der Waals surface area contributed by atoms with Gasteiger partial charge in [0, 0.05) is 43.2 Å². The smallest absolute Gasteiger partial charge is 0.328 e. The molecule has 0 radical (unpaired) electrons. The lowest BCUT2D eigenvalue weighted by atomic mass is 10.0. The Balaban J connectivity index is 0.976. The summed E-state index contributed by atoms with van der Waals surface area (Å²) in [6.45, 7) is 1.96. The van der Waals surface area contributed by atoms with Crippen LogP contribution in [0.15, 0.2) is 41.3 Å². The summed E-state index contributed by atoms with van der Waals surface area (Å²) >= 11 is 1.64. The van der Waals surface area contributed by atoms with Crippen LogP contribution in [0.4, 0.5) is 5.82 Å². The first-order chi connectivity index (χ1) is 18.9. The van der Waals surface area contributed by atoms with Crippen LogP contribution < -0.4 is 16.0 Å². The van der Waals surface area contributed by atoms with Crippen LogP contribution in [0.5, 0.6) is 0 Å². The molecule has 10 heteroatoms. The van der Waals surface area contributed by atoms with E-state index in [1.54, 1.807) is 11.9 Å². The Morgan fingerprint density at radius 2 is 2.00 bits per heavy atom. The molecule has 1 aliphatic carbocycles. The molecule has 2 aliphatic heterocycles. The molecule has 1 saturated carbocycles. The number of aromatic nitrogens is 1. The van der Waals surface area contributed by atoms with Crippen molar-refractivity contribution in [2.75, 3.05) is 31.5 Å². The number of amides is 2. The summed E-state index contributed by atoms with van der Waals surface area (Å²) in [7, 11) is 0. The number of carbonyl (C=O) groups is 3. The average Bonchev–Trinajstić information content (AvgIpc) is 3.76. The first-order valence-electron chi connectivity index (χ1n) is 14.0. The minimum atomic E-state index is -1.15. The zero-order chi connectivity index (χ0) is 27.2. The molecule has 1 saturated heterocycles. The van der Waals surface area contributed by atoms with E-state index in [-0.39, 0.29) is 24.3 Å². The third-order valence-corrected chi connectivity index (χ3v) is 8.54. The SMILES string of the molecule is O=C(CCCCc1ccc2c(n1)NCCC2)NCC(NC(=O)C1CN(Sc2cccc(C3CC3)c2)C1)C(=O)O. The van der Waals surface area contributed by atoms with Gasteiger partial charge in [0.2, 0.25) is 11.8 Å². The van der Waals surface area contributed by atoms with Gasteiger partial charge in [0.15, 0.2) is 0 Å². The highest BCUT2D eigenvalue weighted by Crippen LogP contribution is 2.41. The summed E-state index contributed by atoms with van der Waals surface area (Å²) in [6.07, 6.45) is 7.30. The number of nitrogens with zero attached hydrogens (tertiary/aromatic N) is 2. The van der Waals surface area contributed by atoms with Crippen LogP contribution in [-0.4, -0.2) is 64.4 Å². The number of rotatable bonds is 13. The molecule has 1 aromatic carbocycles. The molecule has 208 valence electrons. The van der Waals surface area contributed by atoms with Crippen LogP contribution in [0, 0.1) is 5.92 Å². The van der Waals surface area contributed by atoms with Gasteiger partial charge in [-0.15, -0.1) is 0 Å². The second kappa shape index (κ2) is 12.8. The molecule has 1 aromatic heterocycles. The maximum atomic E-state index is 12.6. The fourth-order valence-corrected chi connectivity index (χ4v) is 6.10. The van der Waals surface area contributed by atoms with E-state index < -0.39 is 12.0 Å². The Labute approximate surface area is 233 Å². The van der Waals surface area contributed by atoms with E-state index in [1.807, 2.05) is 0 Å². The average molecular weight is 552 g/mol. The van der Waals surface area contributed by atoms with Crippen molar-refractivity contribution in [2.24, 2.45) is 5.92 Å². The van der Waals surface area contributed by atoms with E-state index in [4.69, 9.17) is 0 Å². The number of anilines is 1. The fourth-order valence-electron chi connectivity index (χ4n) is 4.96. The van der Waals surface area contributed by atoms with E-state index >= 15 is 0 Å². The second-order valence-corrected chi connectivity index (χ2v) is 11.9. The molecule has 4 N–H and O–H groups in total. The maximum absolute atomic E-state index is 12.6. The third-order valence-electron chi connectivity index (χ3n) is 7.52. The number of aliphatic carboxylic acids is 1. The van der Waals surface area contributed by atoms with E-state index in [2.05, 4.69) is 61.6 Å².